The van der Waals surface area contributed by atoms with Gasteiger partial charge in [0.2, 0.25) is 0 Å². The second kappa shape index (κ2) is 6.12. The van der Waals surface area contributed by atoms with Gasteiger partial charge in [-0.15, -0.1) is 0 Å². The first-order chi connectivity index (χ1) is 11.3. The molecule has 0 unspecified atom stereocenters. The molecule has 1 saturated heterocycles. The molecule has 5 nitrogen and oxygen atoms in total. The van der Waals surface area contributed by atoms with Gasteiger partial charge in [-0.1, -0.05) is 6.92 Å². The van der Waals surface area contributed by atoms with Crippen molar-refractivity contribution in [3.63, 3.8) is 0 Å². The SMILES string of the molecule is CC1CCC2(CC1)OC[C@H](C(=O)O)N2C(=O)c1ccc(F)c(F)c1. The van der Waals surface area contributed by atoms with E-state index in [0.717, 1.165) is 31.0 Å². The lowest BCUT2D eigenvalue weighted by molar-refractivity contribution is -0.143. The van der Waals surface area contributed by atoms with Crippen molar-refractivity contribution in [3.8, 4) is 0 Å². The average molecular weight is 339 g/mol. The molecule has 2 fully saturated rings. The van der Waals surface area contributed by atoms with E-state index in [1.54, 1.807) is 0 Å². The van der Waals surface area contributed by atoms with Crippen molar-refractivity contribution in [3.05, 3.63) is 35.4 Å². The number of nitrogens with zero attached hydrogens (tertiary/aromatic N) is 1. The molecule has 1 aliphatic carbocycles. The molecule has 1 spiro atoms. The van der Waals surface area contributed by atoms with Crippen LogP contribution in [0, 0.1) is 17.6 Å². The number of benzene rings is 1. The van der Waals surface area contributed by atoms with E-state index in [1.807, 2.05) is 0 Å². The Kier molecular flexibility index (Phi) is 4.29. The van der Waals surface area contributed by atoms with E-state index in [0.29, 0.717) is 18.8 Å². The number of hydrogen-bond donors (Lipinski definition) is 1. The molecular weight excluding hydrogens is 320 g/mol. The lowest BCUT2D eigenvalue weighted by Crippen LogP contribution is -2.55. The van der Waals surface area contributed by atoms with Crippen molar-refractivity contribution < 1.29 is 28.2 Å². The number of carboxylic acid groups (broad SMARTS) is 1. The number of carbonyl (C=O) groups excluding carboxylic acids is 1. The fraction of sp³-hybridized carbons (Fsp3) is 0.529. The average Bonchev–Trinajstić information content (AvgIpc) is 2.92. The number of carbonyl (C=O) groups is 2. The fourth-order valence-electron chi connectivity index (χ4n) is 3.54. The fourth-order valence-corrected chi connectivity index (χ4v) is 3.54. The first-order valence-corrected chi connectivity index (χ1v) is 7.99. The highest BCUT2D eigenvalue weighted by atomic mass is 19.2. The van der Waals surface area contributed by atoms with Crippen LogP contribution in [-0.4, -0.2) is 40.3 Å². The third-order valence-electron chi connectivity index (χ3n) is 4.99. The van der Waals surface area contributed by atoms with Crippen LogP contribution in [0.1, 0.15) is 43.0 Å². The first kappa shape index (κ1) is 16.8. The number of aliphatic carboxylic acids is 1. The van der Waals surface area contributed by atoms with Crippen LogP contribution in [0.15, 0.2) is 18.2 Å². The monoisotopic (exact) mass is 339 g/mol. The zero-order chi connectivity index (χ0) is 17.5. The summed E-state index contributed by atoms with van der Waals surface area (Å²) >= 11 is 0. The summed E-state index contributed by atoms with van der Waals surface area (Å²) in [6.45, 7) is 2.00. The first-order valence-electron chi connectivity index (χ1n) is 7.99. The van der Waals surface area contributed by atoms with Crippen molar-refractivity contribution in [1.29, 1.82) is 0 Å². The number of halogens is 2. The van der Waals surface area contributed by atoms with E-state index in [1.165, 1.54) is 4.90 Å². The van der Waals surface area contributed by atoms with Gasteiger partial charge in [-0.25, -0.2) is 13.6 Å². The molecule has 7 heteroatoms. The molecule has 0 radical (unpaired) electrons. The Labute approximate surface area is 138 Å². The molecule has 1 saturated carbocycles. The largest absolute Gasteiger partial charge is 0.480 e. The third-order valence-corrected chi connectivity index (χ3v) is 4.99. The van der Waals surface area contributed by atoms with E-state index >= 15 is 0 Å². The molecule has 0 aromatic heterocycles. The Bertz CT molecular complexity index is 671. The molecule has 1 aromatic rings. The van der Waals surface area contributed by atoms with E-state index in [-0.39, 0.29) is 12.2 Å². The molecule has 0 bridgehead atoms. The Hall–Kier alpha value is -2.02. The van der Waals surface area contributed by atoms with Crippen LogP contribution in [-0.2, 0) is 9.53 Å². The molecule has 1 heterocycles. The van der Waals surface area contributed by atoms with Gasteiger partial charge in [-0.2, -0.15) is 0 Å². The Balaban J connectivity index is 1.96. The number of rotatable bonds is 2. The van der Waals surface area contributed by atoms with Crippen LogP contribution in [0.5, 0.6) is 0 Å². The molecule has 1 aliphatic heterocycles. The van der Waals surface area contributed by atoms with Crippen LogP contribution in [0.3, 0.4) is 0 Å². The van der Waals surface area contributed by atoms with E-state index < -0.39 is 35.3 Å². The second-order valence-corrected chi connectivity index (χ2v) is 6.60. The summed E-state index contributed by atoms with van der Waals surface area (Å²) in [6, 6.07) is 1.70. The zero-order valence-electron chi connectivity index (χ0n) is 13.3. The lowest BCUT2D eigenvalue weighted by Gasteiger charge is -2.42. The van der Waals surface area contributed by atoms with Crippen molar-refractivity contribution >= 4 is 11.9 Å². The maximum absolute atomic E-state index is 13.5. The molecule has 3 rings (SSSR count). The molecule has 2 aliphatic rings. The van der Waals surface area contributed by atoms with Crippen molar-refractivity contribution in [2.75, 3.05) is 6.61 Å². The predicted octanol–water partition coefficient (Wildman–Crippen LogP) is 2.80. The number of carboxylic acids is 1. The van der Waals surface area contributed by atoms with Crippen LogP contribution in [0.4, 0.5) is 8.78 Å². The van der Waals surface area contributed by atoms with Gasteiger partial charge in [-0.05, 0) is 49.8 Å². The Morgan fingerprint density at radius 2 is 1.92 bits per heavy atom. The summed E-state index contributed by atoms with van der Waals surface area (Å²) in [4.78, 5) is 25.6. The minimum absolute atomic E-state index is 0.0800. The van der Waals surface area contributed by atoms with Crippen molar-refractivity contribution in [2.45, 2.75) is 44.4 Å². The summed E-state index contributed by atoms with van der Waals surface area (Å²) in [6.07, 6.45) is 2.70. The predicted molar refractivity (Wildman–Crippen MR) is 80.3 cm³/mol. The third kappa shape index (κ3) is 2.77. The number of ether oxygens (including phenoxy) is 1. The zero-order valence-corrected chi connectivity index (χ0v) is 13.3. The minimum atomic E-state index is -1.17. The highest BCUT2D eigenvalue weighted by molar-refractivity contribution is 5.97. The smallest absolute Gasteiger partial charge is 0.328 e. The van der Waals surface area contributed by atoms with Crippen LogP contribution in [0.25, 0.3) is 0 Å². The highest BCUT2D eigenvalue weighted by Crippen LogP contribution is 2.43. The van der Waals surface area contributed by atoms with Crippen LogP contribution < -0.4 is 0 Å². The van der Waals surface area contributed by atoms with E-state index in [2.05, 4.69) is 6.92 Å². The molecule has 130 valence electrons. The second-order valence-electron chi connectivity index (χ2n) is 6.60. The van der Waals surface area contributed by atoms with Gasteiger partial charge < -0.3 is 9.84 Å². The normalized spacial score (nSPS) is 29.9. The summed E-state index contributed by atoms with van der Waals surface area (Å²) in [5, 5.41) is 9.44. The van der Waals surface area contributed by atoms with Crippen LogP contribution >= 0.6 is 0 Å². The maximum Gasteiger partial charge on any atom is 0.328 e. The van der Waals surface area contributed by atoms with Crippen molar-refractivity contribution in [1.82, 2.24) is 4.90 Å². The standard InChI is InChI=1S/C17H19F2NO4/c1-10-4-6-17(7-5-10)20(14(9-24-17)16(22)23)15(21)11-2-3-12(18)13(19)8-11/h2-3,8,10,14H,4-7,9H2,1H3,(H,22,23)/t10?,14-,17?/m1/s1. The Morgan fingerprint density at radius 3 is 2.50 bits per heavy atom. The molecule has 24 heavy (non-hydrogen) atoms. The summed E-state index contributed by atoms with van der Waals surface area (Å²) < 4.78 is 32.4. The Morgan fingerprint density at radius 1 is 1.25 bits per heavy atom. The van der Waals surface area contributed by atoms with Gasteiger partial charge in [0, 0.05) is 5.56 Å². The van der Waals surface area contributed by atoms with Crippen LogP contribution in [0.2, 0.25) is 0 Å². The summed E-state index contributed by atoms with van der Waals surface area (Å²) in [5.74, 6) is -3.53. The summed E-state index contributed by atoms with van der Waals surface area (Å²) in [5.41, 5.74) is -1.05. The van der Waals surface area contributed by atoms with Gasteiger partial charge in [0.15, 0.2) is 17.7 Å². The molecule has 1 aromatic carbocycles. The van der Waals surface area contributed by atoms with Crippen molar-refractivity contribution in [2.24, 2.45) is 5.92 Å². The van der Waals surface area contributed by atoms with Gasteiger partial charge >= 0.3 is 5.97 Å². The van der Waals surface area contributed by atoms with E-state index in [4.69, 9.17) is 4.74 Å². The highest BCUT2D eigenvalue weighted by Gasteiger charge is 2.53. The summed E-state index contributed by atoms with van der Waals surface area (Å²) in [7, 11) is 0. The quantitative estimate of drug-likeness (QED) is 0.900. The lowest BCUT2D eigenvalue weighted by atomic mass is 9.83. The van der Waals surface area contributed by atoms with Gasteiger partial charge in [0.05, 0.1) is 6.61 Å². The van der Waals surface area contributed by atoms with Gasteiger partial charge in [-0.3, -0.25) is 9.69 Å². The number of hydrogen-bond acceptors (Lipinski definition) is 3. The molecule has 1 N–H and O–H groups in total. The molecular formula is C17H19F2NO4. The molecule has 1 amide bonds. The molecule has 1 atom stereocenters. The minimum Gasteiger partial charge on any atom is -0.480 e. The van der Waals surface area contributed by atoms with Gasteiger partial charge in [0.25, 0.3) is 5.91 Å². The van der Waals surface area contributed by atoms with Gasteiger partial charge in [0.1, 0.15) is 5.72 Å². The maximum atomic E-state index is 13.5. The van der Waals surface area contributed by atoms with E-state index in [9.17, 15) is 23.5 Å². The topological polar surface area (TPSA) is 66.8 Å². The number of amides is 1.